The van der Waals surface area contributed by atoms with Crippen LogP contribution in [0.2, 0.25) is 0 Å². The molecule has 2 heterocycles. The third-order valence-corrected chi connectivity index (χ3v) is 3.89. The fourth-order valence-corrected chi connectivity index (χ4v) is 2.65. The van der Waals surface area contributed by atoms with Gasteiger partial charge < -0.3 is 17.3 Å². The molecule has 1 aliphatic rings. The van der Waals surface area contributed by atoms with Crippen LogP contribution in [0.1, 0.15) is 5.56 Å². The van der Waals surface area contributed by atoms with E-state index in [0.29, 0.717) is 0 Å². The summed E-state index contributed by atoms with van der Waals surface area (Å²) in [7, 11) is 0. The molecule has 1 aromatic heterocycles. The van der Waals surface area contributed by atoms with Crippen molar-refractivity contribution in [2.24, 2.45) is 0 Å². The molecular formula is C16H18ClN4O2-. The van der Waals surface area contributed by atoms with E-state index >= 15 is 0 Å². The van der Waals surface area contributed by atoms with E-state index in [-0.39, 0.29) is 18.1 Å². The van der Waals surface area contributed by atoms with Crippen LogP contribution in [0.4, 0.5) is 11.5 Å². The van der Waals surface area contributed by atoms with Crippen molar-refractivity contribution < 1.29 is 17.3 Å². The third-order valence-electron chi connectivity index (χ3n) is 3.89. The van der Waals surface area contributed by atoms with E-state index in [0.717, 1.165) is 38.5 Å². The number of rotatable bonds is 4. The van der Waals surface area contributed by atoms with Crippen LogP contribution in [0, 0.1) is 10.1 Å². The van der Waals surface area contributed by atoms with Gasteiger partial charge in [-0.3, -0.25) is 15.0 Å². The van der Waals surface area contributed by atoms with Gasteiger partial charge in [-0.15, -0.1) is 0 Å². The zero-order valence-electron chi connectivity index (χ0n) is 12.6. The lowest BCUT2D eigenvalue weighted by Gasteiger charge is -2.35. The van der Waals surface area contributed by atoms with Crippen LogP contribution in [0.3, 0.4) is 0 Å². The van der Waals surface area contributed by atoms with E-state index in [1.54, 1.807) is 6.07 Å². The van der Waals surface area contributed by atoms with Crippen LogP contribution < -0.4 is 17.3 Å². The van der Waals surface area contributed by atoms with Gasteiger partial charge in [0.2, 0.25) is 0 Å². The van der Waals surface area contributed by atoms with E-state index < -0.39 is 4.92 Å². The number of anilines is 1. The first kappa shape index (κ1) is 17.2. The number of piperazine rings is 1. The van der Waals surface area contributed by atoms with Gasteiger partial charge in [-0.1, -0.05) is 30.3 Å². The molecule has 0 amide bonds. The molecule has 1 fully saturated rings. The highest BCUT2D eigenvalue weighted by atomic mass is 35.5. The molecule has 0 N–H and O–H groups in total. The summed E-state index contributed by atoms with van der Waals surface area (Å²) in [6.07, 6.45) is 1.33. The fraction of sp³-hybridized carbons (Fsp3) is 0.312. The second kappa shape index (κ2) is 7.89. The highest BCUT2D eigenvalue weighted by molar-refractivity contribution is 5.43. The molecule has 3 rings (SSSR count). The SMILES string of the molecule is O=[N+]([O-])c1ccc(N2CCN(Cc3ccccc3)CC2)nc1.[Cl-]. The lowest BCUT2D eigenvalue weighted by molar-refractivity contribution is -0.385. The largest absolute Gasteiger partial charge is 1.00 e. The topological polar surface area (TPSA) is 62.5 Å². The third kappa shape index (κ3) is 4.40. The lowest BCUT2D eigenvalue weighted by atomic mass is 10.2. The van der Waals surface area contributed by atoms with Crippen LogP contribution in [0.15, 0.2) is 48.7 Å². The molecular weight excluding hydrogens is 316 g/mol. The van der Waals surface area contributed by atoms with Crippen molar-refractivity contribution in [3.8, 4) is 0 Å². The van der Waals surface area contributed by atoms with Gasteiger partial charge in [0.25, 0.3) is 5.69 Å². The number of nitro groups is 1. The number of aromatic nitrogens is 1. The molecule has 7 heteroatoms. The Hall–Kier alpha value is -2.18. The van der Waals surface area contributed by atoms with Gasteiger partial charge in [-0.2, -0.15) is 0 Å². The van der Waals surface area contributed by atoms with Crippen LogP contribution in [-0.4, -0.2) is 41.0 Å². The summed E-state index contributed by atoms with van der Waals surface area (Å²) in [4.78, 5) is 19.0. The lowest BCUT2D eigenvalue weighted by Crippen LogP contribution is -3.00. The highest BCUT2D eigenvalue weighted by Gasteiger charge is 2.18. The normalized spacial score (nSPS) is 15.0. The maximum atomic E-state index is 10.7. The minimum Gasteiger partial charge on any atom is -1.00 e. The number of pyridine rings is 1. The predicted octanol–water partition coefficient (Wildman–Crippen LogP) is -0.684. The van der Waals surface area contributed by atoms with Crippen molar-refractivity contribution in [1.82, 2.24) is 9.88 Å². The summed E-state index contributed by atoms with van der Waals surface area (Å²) < 4.78 is 0. The van der Waals surface area contributed by atoms with Crippen LogP contribution >= 0.6 is 0 Å². The number of hydrogen-bond donors (Lipinski definition) is 0. The molecule has 6 nitrogen and oxygen atoms in total. The molecule has 0 aliphatic carbocycles. The quantitative estimate of drug-likeness (QED) is 0.548. The van der Waals surface area contributed by atoms with E-state index in [1.807, 2.05) is 6.07 Å². The summed E-state index contributed by atoms with van der Waals surface area (Å²) in [5, 5.41) is 10.7. The van der Waals surface area contributed by atoms with Crippen molar-refractivity contribution in [2.45, 2.75) is 6.54 Å². The maximum Gasteiger partial charge on any atom is 0.287 e. The molecule has 0 saturated carbocycles. The van der Waals surface area contributed by atoms with Gasteiger partial charge in [-0.05, 0) is 11.6 Å². The Balaban J connectivity index is 0.00000192. The molecule has 23 heavy (non-hydrogen) atoms. The van der Waals surface area contributed by atoms with Crippen molar-refractivity contribution in [3.63, 3.8) is 0 Å². The molecule has 0 unspecified atom stereocenters. The first-order chi connectivity index (χ1) is 10.7. The van der Waals surface area contributed by atoms with Gasteiger partial charge in [0.05, 0.1) is 4.92 Å². The predicted molar refractivity (Wildman–Crippen MR) is 84.8 cm³/mol. The Morgan fingerprint density at radius 3 is 2.30 bits per heavy atom. The van der Waals surface area contributed by atoms with Crippen LogP contribution in [-0.2, 0) is 6.54 Å². The second-order valence-corrected chi connectivity index (χ2v) is 5.38. The monoisotopic (exact) mass is 333 g/mol. The number of hydrogen-bond acceptors (Lipinski definition) is 5. The number of nitrogens with zero attached hydrogens (tertiary/aromatic N) is 4. The van der Waals surface area contributed by atoms with Gasteiger partial charge >= 0.3 is 0 Å². The Bertz CT molecular complexity index is 628. The molecule has 122 valence electrons. The Kier molecular flexibility index (Phi) is 5.90. The van der Waals surface area contributed by atoms with Gasteiger partial charge in [0, 0.05) is 38.8 Å². The second-order valence-electron chi connectivity index (χ2n) is 5.38. The summed E-state index contributed by atoms with van der Waals surface area (Å²) in [6.45, 7) is 4.67. The summed E-state index contributed by atoms with van der Waals surface area (Å²) in [5.41, 5.74) is 1.36. The van der Waals surface area contributed by atoms with E-state index in [1.165, 1.54) is 17.8 Å². The molecule has 1 aliphatic heterocycles. The molecule has 1 aromatic carbocycles. The van der Waals surface area contributed by atoms with Crippen molar-refractivity contribution >= 4 is 11.5 Å². The van der Waals surface area contributed by atoms with Crippen molar-refractivity contribution in [1.29, 1.82) is 0 Å². The summed E-state index contributed by atoms with van der Waals surface area (Å²) >= 11 is 0. The maximum absolute atomic E-state index is 10.7. The van der Waals surface area contributed by atoms with Gasteiger partial charge in [-0.25, -0.2) is 4.98 Å². The van der Waals surface area contributed by atoms with Crippen molar-refractivity contribution in [2.75, 3.05) is 31.1 Å². The van der Waals surface area contributed by atoms with E-state index in [2.05, 4.69) is 39.0 Å². The zero-order chi connectivity index (χ0) is 15.4. The summed E-state index contributed by atoms with van der Waals surface area (Å²) in [5.74, 6) is 0.810. The van der Waals surface area contributed by atoms with E-state index in [9.17, 15) is 10.1 Å². The standard InChI is InChI=1S/C16H18N4O2.ClH/c21-20(22)15-6-7-16(17-12-15)19-10-8-18(9-11-19)13-14-4-2-1-3-5-14;/h1-7,12H,8-11,13H2;1H/p-1. The average Bonchev–Trinajstić information content (AvgIpc) is 2.57. The molecule has 0 atom stereocenters. The highest BCUT2D eigenvalue weighted by Crippen LogP contribution is 2.18. The Morgan fingerprint density at radius 2 is 1.74 bits per heavy atom. The summed E-state index contributed by atoms with van der Waals surface area (Å²) in [6, 6.07) is 13.7. The minimum atomic E-state index is -0.422. The van der Waals surface area contributed by atoms with Crippen LogP contribution in [0.5, 0.6) is 0 Å². The molecule has 1 saturated heterocycles. The first-order valence-electron chi connectivity index (χ1n) is 7.34. The van der Waals surface area contributed by atoms with Crippen LogP contribution in [0.25, 0.3) is 0 Å². The molecule has 0 radical (unpaired) electrons. The molecule has 2 aromatic rings. The first-order valence-corrected chi connectivity index (χ1v) is 7.34. The average molecular weight is 334 g/mol. The number of halogens is 1. The van der Waals surface area contributed by atoms with E-state index in [4.69, 9.17) is 0 Å². The minimum absolute atomic E-state index is 0. The Labute approximate surface area is 141 Å². The van der Waals surface area contributed by atoms with Gasteiger partial charge in [0.1, 0.15) is 12.0 Å². The smallest absolute Gasteiger partial charge is 0.287 e. The fourth-order valence-electron chi connectivity index (χ4n) is 2.65. The Morgan fingerprint density at radius 1 is 1.04 bits per heavy atom. The zero-order valence-corrected chi connectivity index (χ0v) is 13.4. The van der Waals surface area contributed by atoms with Crippen molar-refractivity contribution in [3.05, 3.63) is 64.3 Å². The van der Waals surface area contributed by atoms with Gasteiger partial charge in [0.15, 0.2) is 0 Å². The number of benzene rings is 1. The molecule has 0 spiro atoms. The molecule has 0 bridgehead atoms.